The fourth-order valence-electron chi connectivity index (χ4n) is 1.54. The van der Waals surface area contributed by atoms with E-state index in [0.29, 0.717) is 10.9 Å². The predicted molar refractivity (Wildman–Crippen MR) is 75.1 cm³/mol. The Bertz CT molecular complexity index is 409. The van der Waals surface area contributed by atoms with E-state index < -0.39 is 5.54 Å². The van der Waals surface area contributed by atoms with E-state index in [-0.39, 0.29) is 11.3 Å². The van der Waals surface area contributed by atoms with Crippen LogP contribution < -0.4 is 10.1 Å². The first-order chi connectivity index (χ1) is 8.35. The summed E-state index contributed by atoms with van der Waals surface area (Å²) in [6.45, 7) is 5.30. The summed E-state index contributed by atoms with van der Waals surface area (Å²) in [5, 5.41) is 3.42. The number of amides is 1. The highest BCUT2D eigenvalue weighted by Crippen LogP contribution is 2.24. The predicted octanol–water partition coefficient (Wildman–Crippen LogP) is 2.72. The number of ether oxygens (including phenoxy) is 1. The molecular formula is C12H17ClN2O2S. The number of nitrogens with one attached hydrogen (secondary N) is 1. The van der Waals surface area contributed by atoms with Crippen molar-refractivity contribution in [3.05, 3.63) is 23.4 Å². The van der Waals surface area contributed by atoms with Crippen LogP contribution in [-0.4, -0.2) is 28.1 Å². The van der Waals surface area contributed by atoms with E-state index in [1.165, 1.54) is 24.9 Å². The lowest BCUT2D eigenvalue weighted by atomic mass is 10.1. The zero-order chi connectivity index (χ0) is 13.8. The molecule has 0 aliphatic heterocycles. The van der Waals surface area contributed by atoms with Gasteiger partial charge in [-0.1, -0.05) is 11.6 Å². The van der Waals surface area contributed by atoms with E-state index in [0.717, 1.165) is 0 Å². The fraction of sp³-hybridized carbons (Fsp3) is 0.500. The number of aromatic nitrogens is 1. The lowest BCUT2D eigenvalue weighted by Gasteiger charge is -2.33. The molecule has 100 valence electrons. The Kier molecular flexibility index (Phi) is 5.28. The van der Waals surface area contributed by atoms with Gasteiger partial charge in [-0.3, -0.25) is 4.79 Å². The molecule has 0 saturated heterocycles. The lowest BCUT2D eigenvalue weighted by molar-refractivity contribution is -0.121. The molecule has 6 heteroatoms. The van der Waals surface area contributed by atoms with Crippen LogP contribution in [0.1, 0.15) is 20.8 Å². The average Bonchev–Trinajstić information content (AvgIpc) is 2.26. The summed E-state index contributed by atoms with van der Waals surface area (Å²) in [7, 11) is 0. The quantitative estimate of drug-likeness (QED) is 0.847. The van der Waals surface area contributed by atoms with Crippen molar-refractivity contribution in [2.75, 3.05) is 6.26 Å². The van der Waals surface area contributed by atoms with Gasteiger partial charge in [0.25, 0.3) is 0 Å². The van der Waals surface area contributed by atoms with Gasteiger partial charge in [0.2, 0.25) is 11.8 Å². The maximum atomic E-state index is 11.2. The topological polar surface area (TPSA) is 51.2 Å². The van der Waals surface area contributed by atoms with E-state index in [1.807, 2.05) is 20.1 Å². The molecule has 1 heterocycles. The minimum atomic E-state index is -0.493. The van der Waals surface area contributed by atoms with Crippen LogP contribution in [0.3, 0.4) is 0 Å². The summed E-state index contributed by atoms with van der Waals surface area (Å²) in [5.74, 6) is 0.392. The second-order valence-electron chi connectivity index (χ2n) is 4.40. The molecule has 0 aliphatic rings. The highest BCUT2D eigenvalue weighted by Gasteiger charge is 2.31. The molecule has 1 amide bonds. The van der Waals surface area contributed by atoms with Gasteiger partial charge in [0.15, 0.2) is 5.44 Å². The monoisotopic (exact) mass is 288 g/mol. The second-order valence-corrected chi connectivity index (χ2v) is 5.74. The maximum absolute atomic E-state index is 11.2. The van der Waals surface area contributed by atoms with Crippen molar-refractivity contribution in [1.82, 2.24) is 10.3 Å². The van der Waals surface area contributed by atoms with Crippen molar-refractivity contribution < 1.29 is 9.53 Å². The largest absolute Gasteiger partial charge is 0.461 e. The number of carbonyl (C=O) groups is 1. The van der Waals surface area contributed by atoms with E-state index in [4.69, 9.17) is 16.3 Å². The van der Waals surface area contributed by atoms with Gasteiger partial charge in [0.1, 0.15) is 0 Å². The van der Waals surface area contributed by atoms with Gasteiger partial charge in [-0.15, -0.1) is 11.8 Å². The van der Waals surface area contributed by atoms with Crippen molar-refractivity contribution in [1.29, 1.82) is 0 Å². The Morgan fingerprint density at radius 1 is 1.56 bits per heavy atom. The molecule has 1 aromatic rings. The van der Waals surface area contributed by atoms with E-state index in [9.17, 15) is 4.79 Å². The molecule has 4 nitrogen and oxygen atoms in total. The third-order valence-electron chi connectivity index (χ3n) is 2.23. The average molecular weight is 289 g/mol. The minimum Gasteiger partial charge on any atom is -0.461 e. The molecule has 0 radical (unpaired) electrons. The van der Waals surface area contributed by atoms with Crippen LogP contribution in [-0.2, 0) is 4.79 Å². The third kappa shape index (κ3) is 4.38. The Morgan fingerprint density at radius 3 is 2.67 bits per heavy atom. The van der Waals surface area contributed by atoms with E-state index in [1.54, 1.807) is 12.1 Å². The number of rotatable bonds is 5. The molecule has 18 heavy (non-hydrogen) atoms. The molecule has 0 fully saturated rings. The first-order valence-corrected chi connectivity index (χ1v) is 7.11. The number of hydrogen-bond acceptors (Lipinski definition) is 4. The molecule has 1 rings (SSSR count). The van der Waals surface area contributed by atoms with Crippen LogP contribution in [0.15, 0.2) is 18.3 Å². The normalized spacial score (nSPS) is 12.9. The van der Waals surface area contributed by atoms with Gasteiger partial charge in [-0.2, -0.15) is 0 Å². The zero-order valence-electron chi connectivity index (χ0n) is 10.9. The number of halogens is 1. The van der Waals surface area contributed by atoms with Crippen LogP contribution in [0.5, 0.6) is 5.88 Å². The highest BCUT2D eigenvalue weighted by molar-refractivity contribution is 7.99. The number of pyridine rings is 1. The lowest BCUT2D eigenvalue weighted by Crippen LogP contribution is -2.52. The van der Waals surface area contributed by atoms with E-state index >= 15 is 0 Å². The van der Waals surface area contributed by atoms with Gasteiger partial charge >= 0.3 is 0 Å². The molecular weight excluding hydrogens is 272 g/mol. The fourth-order valence-corrected chi connectivity index (χ4v) is 2.50. The SMILES string of the molecule is CSC(Oc1ccc(Cl)cn1)C(C)(C)NC(C)=O. The van der Waals surface area contributed by atoms with Crippen LogP contribution in [0, 0.1) is 0 Å². The summed E-state index contributed by atoms with van der Waals surface area (Å²) < 4.78 is 5.76. The summed E-state index contributed by atoms with van der Waals surface area (Å²) in [6.07, 6.45) is 3.45. The zero-order valence-corrected chi connectivity index (χ0v) is 12.4. The number of thioether (sulfide) groups is 1. The Morgan fingerprint density at radius 2 is 2.22 bits per heavy atom. The summed E-state index contributed by atoms with van der Waals surface area (Å²) >= 11 is 7.27. The van der Waals surface area contributed by atoms with Crippen LogP contribution >= 0.6 is 23.4 Å². The molecule has 1 N–H and O–H groups in total. The van der Waals surface area contributed by atoms with Gasteiger partial charge < -0.3 is 10.1 Å². The van der Waals surface area contributed by atoms with Gasteiger partial charge in [0.05, 0.1) is 10.6 Å². The Hall–Kier alpha value is -0.940. The molecule has 1 unspecified atom stereocenters. The van der Waals surface area contributed by atoms with Gasteiger partial charge in [0, 0.05) is 19.2 Å². The maximum Gasteiger partial charge on any atom is 0.217 e. The first kappa shape index (κ1) is 15.1. The molecule has 0 aromatic carbocycles. The summed E-state index contributed by atoms with van der Waals surface area (Å²) in [6, 6.07) is 3.42. The van der Waals surface area contributed by atoms with Crippen LogP contribution in [0.4, 0.5) is 0 Å². The standard InChI is InChI=1S/C12H17ClN2O2S/c1-8(16)15-12(2,3)11(18-4)17-10-6-5-9(13)7-14-10/h5-7,11H,1-4H3,(H,15,16). The highest BCUT2D eigenvalue weighted by atomic mass is 35.5. The number of nitrogens with zero attached hydrogens (tertiary/aromatic N) is 1. The summed E-state index contributed by atoms with van der Waals surface area (Å²) in [5.41, 5.74) is -0.734. The Labute approximate surface area is 116 Å². The van der Waals surface area contributed by atoms with Crippen molar-refractivity contribution in [3.63, 3.8) is 0 Å². The van der Waals surface area contributed by atoms with Crippen molar-refractivity contribution >= 4 is 29.3 Å². The smallest absolute Gasteiger partial charge is 0.217 e. The van der Waals surface area contributed by atoms with Crippen molar-refractivity contribution in [2.24, 2.45) is 0 Å². The Balaban J connectivity index is 2.77. The second kappa shape index (κ2) is 6.29. The minimum absolute atomic E-state index is 0.0910. The molecule has 0 spiro atoms. The van der Waals surface area contributed by atoms with E-state index in [2.05, 4.69) is 10.3 Å². The number of carbonyl (C=O) groups excluding carboxylic acids is 1. The third-order valence-corrected chi connectivity index (χ3v) is 3.57. The molecule has 0 aliphatic carbocycles. The van der Waals surface area contributed by atoms with Crippen LogP contribution in [0.25, 0.3) is 0 Å². The van der Waals surface area contributed by atoms with Gasteiger partial charge in [-0.25, -0.2) is 4.98 Å². The molecule has 1 aromatic heterocycles. The first-order valence-electron chi connectivity index (χ1n) is 5.45. The number of hydrogen-bond donors (Lipinski definition) is 1. The molecule has 0 saturated carbocycles. The van der Waals surface area contributed by atoms with Gasteiger partial charge in [-0.05, 0) is 26.2 Å². The van der Waals surface area contributed by atoms with Crippen molar-refractivity contribution in [3.8, 4) is 5.88 Å². The summed E-state index contributed by atoms with van der Waals surface area (Å²) in [4.78, 5) is 15.2. The van der Waals surface area contributed by atoms with Crippen LogP contribution in [0.2, 0.25) is 5.02 Å². The van der Waals surface area contributed by atoms with Crippen molar-refractivity contribution in [2.45, 2.75) is 31.7 Å². The molecule has 0 bridgehead atoms. The molecule has 1 atom stereocenters.